The van der Waals surface area contributed by atoms with E-state index < -0.39 is 0 Å². The first-order chi connectivity index (χ1) is 18.4. The van der Waals surface area contributed by atoms with Crippen LogP contribution in [0.15, 0.2) is 36.8 Å². The van der Waals surface area contributed by atoms with Crippen LogP contribution in [0.3, 0.4) is 0 Å². The molecule has 9 nitrogen and oxygen atoms in total. The molecule has 1 saturated heterocycles. The summed E-state index contributed by atoms with van der Waals surface area (Å²) in [6, 6.07) is 6.79. The summed E-state index contributed by atoms with van der Waals surface area (Å²) in [7, 11) is 2.10. The van der Waals surface area contributed by atoms with Crippen molar-refractivity contribution in [3.8, 4) is 0 Å². The van der Waals surface area contributed by atoms with E-state index in [1.54, 1.807) is 0 Å². The van der Waals surface area contributed by atoms with Crippen molar-refractivity contribution in [2.75, 3.05) is 43.5 Å². The van der Waals surface area contributed by atoms with Crippen LogP contribution in [0, 0.1) is 0 Å². The van der Waals surface area contributed by atoms with E-state index >= 15 is 0 Å². The van der Waals surface area contributed by atoms with Crippen LogP contribution in [0.5, 0.6) is 0 Å². The van der Waals surface area contributed by atoms with Gasteiger partial charge in [-0.15, -0.1) is 5.10 Å². The molecule has 1 fully saturated rings. The lowest BCUT2D eigenvalue weighted by atomic mass is 9.96. The zero-order valence-electron chi connectivity index (χ0n) is 23.3. The minimum absolute atomic E-state index is 0.348. The highest BCUT2D eigenvalue weighted by Gasteiger charge is 2.28. The van der Waals surface area contributed by atoms with Gasteiger partial charge in [-0.3, -0.25) is 9.58 Å². The van der Waals surface area contributed by atoms with Crippen molar-refractivity contribution >= 4 is 29.0 Å². The fourth-order valence-electron chi connectivity index (χ4n) is 5.21. The van der Waals surface area contributed by atoms with E-state index in [2.05, 4.69) is 89.6 Å². The van der Waals surface area contributed by atoms with Crippen molar-refractivity contribution in [1.29, 1.82) is 0 Å². The first kappa shape index (κ1) is 26.3. The van der Waals surface area contributed by atoms with E-state index in [4.69, 9.17) is 9.72 Å². The molecular formula is C29H40N8O. The molecule has 3 aromatic rings. The smallest absolute Gasteiger partial charge is 0.154 e. The van der Waals surface area contributed by atoms with Gasteiger partial charge in [0.2, 0.25) is 0 Å². The Morgan fingerprint density at radius 3 is 2.68 bits per heavy atom. The number of anilines is 3. The quantitative estimate of drug-likeness (QED) is 0.389. The number of likely N-dealkylation sites (N-methyl/N-ethyl adjacent to an activating group) is 1. The van der Waals surface area contributed by atoms with E-state index in [0.29, 0.717) is 24.7 Å². The predicted octanol–water partition coefficient (Wildman–Crippen LogP) is 4.81. The number of nitrogens with zero attached hydrogens (tertiary/aromatic N) is 7. The van der Waals surface area contributed by atoms with E-state index in [1.165, 1.54) is 11.1 Å². The third-order valence-electron chi connectivity index (χ3n) is 7.71. The summed E-state index contributed by atoms with van der Waals surface area (Å²) < 4.78 is 8.00. The Bertz CT molecular complexity index is 1260. The summed E-state index contributed by atoms with van der Waals surface area (Å²) in [6.45, 7) is 13.2. The summed E-state index contributed by atoms with van der Waals surface area (Å²) in [5.74, 6) is 1.96. The van der Waals surface area contributed by atoms with Gasteiger partial charge in [0.15, 0.2) is 5.82 Å². The maximum atomic E-state index is 6.02. The Morgan fingerprint density at radius 1 is 1.11 bits per heavy atom. The van der Waals surface area contributed by atoms with Crippen LogP contribution in [0.1, 0.15) is 63.3 Å². The van der Waals surface area contributed by atoms with Crippen molar-refractivity contribution in [3.63, 3.8) is 0 Å². The number of aromatic nitrogens is 5. The molecule has 9 heteroatoms. The Labute approximate surface area is 225 Å². The maximum Gasteiger partial charge on any atom is 0.154 e. The van der Waals surface area contributed by atoms with Crippen molar-refractivity contribution in [2.24, 2.45) is 0 Å². The number of hydrogen-bond donors (Lipinski definition) is 1. The molecule has 0 radical (unpaired) electrons. The highest BCUT2D eigenvalue weighted by atomic mass is 16.5. The molecule has 0 bridgehead atoms. The number of fused-ring (bicyclic) bond motifs is 1. The number of pyridine rings is 1. The zero-order chi connectivity index (χ0) is 26.6. The van der Waals surface area contributed by atoms with Crippen molar-refractivity contribution in [1.82, 2.24) is 29.9 Å². The molecule has 3 aromatic heterocycles. The van der Waals surface area contributed by atoms with E-state index in [1.807, 2.05) is 23.1 Å². The molecule has 0 spiro atoms. The van der Waals surface area contributed by atoms with Gasteiger partial charge >= 0.3 is 0 Å². The van der Waals surface area contributed by atoms with Crippen LogP contribution in [0.4, 0.5) is 17.3 Å². The molecule has 5 heterocycles. The topological polar surface area (TPSA) is 84.2 Å². The van der Waals surface area contributed by atoms with Crippen molar-refractivity contribution in [2.45, 2.75) is 65.1 Å². The van der Waals surface area contributed by atoms with Crippen LogP contribution >= 0.6 is 0 Å². The molecule has 38 heavy (non-hydrogen) atoms. The summed E-state index contributed by atoms with van der Waals surface area (Å²) in [5, 5.41) is 16.4. The van der Waals surface area contributed by atoms with Gasteiger partial charge in [0.05, 0.1) is 43.0 Å². The highest BCUT2D eigenvalue weighted by Crippen LogP contribution is 2.32. The molecular weight excluding hydrogens is 476 g/mol. The first-order valence-electron chi connectivity index (χ1n) is 13.8. The maximum absolute atomic E-state index is 6.02. The molecule has 0 aliphatic carbocycles. The van der Waals surface area contributed by atoms with E-state index in [-0.39, 0.29) is 0 Å². The summed E-state index contributed by atoms with van der Waals surface area (Å²) in [5.41, 5.74) is 5.55. The number of rotatable bonds is 11. The lowest BCUT2D eigenvalue weighted by molar-refractivity contribution is -0.0688. The predicted molar refractivity (Wildman–Crippen MR) is 153 cm³/mol. The van der Waals surface area contributed by atoms with Gasteiger partial charge in [-0.1, -0.05) is 13.8 Å². The standard InChI is InChI=1S/C29H40N8O/c1-6-21(7-2)22-13-29(34-30-14-22)33-28-9-8-27-26(32-28)12-23(16-35(27)5)24-15-31-37(17-24)10-11-38-25-18-36(19-25)20(3)4/h8-9,12-15,17,20-21,25H,6-7,10-11,16,18-19H2,1-5H3,(H,32,33,34). The van der Waals surface area contributed by atoms with Gasteiger partial charge in [0, 0.05) is 44.5 Å². The SMILES string of the molecule is CCC(CC)c1cnnc(Nc2ccc3c(n2)C=C(c2cnn(CCOC4CN(C(C)C)C4)c2)CN3C)c1. The fourth-order valence-corrected chi connectivity index (χ4v) is 5.21. The third kappa shape index (κ3) is 5.89. The van der Waals surface area contributed by atoms with Gasteiger partial charge in [-0.2, -0.15) is 10.2 Å². The lowest BCUT2D eigenvalue weighted by Crippen LogP contribution is -2.55. The lowest BCUT2D eigenvalue weighted by Gasteiger charge is -2.41. The van der Waals surface area contributed by atoms with Crippen molar-refractivity contribution < 1.29 is 4.74 Å². The van der Waals surface area contributed by atoms with Crippen LogP contribution in [0.25, 0.3) is 11.6 Å². The summed E-state index contributed by atoms with van der Waals surface area (Å²) >= 11 is 0. The van der Waals surface area contributed by atoms with Crippen LogP contribution < -0.4 is 10.2 Å². The van der Waals surface area contributed by atoms with Crippen molar-refractivity contribution in [3.05, 3.63) is 53.6 Å². The number of nitrogens with one attached hydrogen (secondary N) is 1. The Balaban J connectivity index is 1.24. The number of hydrogen-bond acceptors (Lipinski definition) is 8. The van der Waals surface area contributed by atoms with Gasteiger partial charge < -0.3 is 15.0 Å². The van der Waals surface area contributed by atoms with Crippen LogP contribution in [0.2, 0.25) is 0 Å². The molecule has 0 aromatic carbocycles. The molecule has 2 aliphatic heterocycles. The van der Waals surface area contributed by atoms with Crippen LogP contribution in [-0.2, 0) is 11.3 Å². The Hall–Kier alpha value is -3.30. The second kappa shape index (κ2) is 11.6. The third-order valence-corrected chi connectivity index (χ3v) is 7.71. The molecule has 5 rings (SSSR count). The van der Waals surface area contributed by atoms with E-state index in [9.17, 15) is 0 Å². The zero-order valence-corrected chi connectivity index (χ0v) is 23.3. The van der Waals surface area contributed by atoms with Gasteiger partial charge in [-0.05, 0) is 68.0 Å². The largest absolute Gasteiger partial charge is 0.374 e. The van der Waals surface area contributed by atoms with Gasteiger partial charge in [-0.25, -0.2) is 4.98 Å². The number of likely N-dealkylation sites (tertiary alicyclic amines) is 1. The summed E-state index contributed by atoms with van der Waals surface area (Å²) in [4.78, 5) is 9.56. The second-order valence-corrected chi connectivity index (χ2v) is 10.7. The Morgan fingerprint density at radius 2 is 1.92 bits per heavy atom. The fraction of sp³-hybridized carbons (Fsp3) is 0.517. The van der Waals surface area contributed by atoms with E-state index in [0.717, 1.165) is 67.6 Å². The number of ether oxygens (including phenoxy) is 1. The van der Waals surface area contributed by atoms with Gasteiger partial charge in [0.1, 0.15) is 5.82 Å². The molecule has 0 atom stereocenters. The normalized spacial score (nSPS) is 16.1. The Kier molecular flexibility index (Phi) is 8.04. The molecule has 0 amide bonds. The minimum atomic E-state index is 0.348. The molecule has 2 aliphatic rings. The second-order valence-electron chi connectivity index (χ2n) is 10.7. The molecule has 0 unspecified atom stereocenters. The highest BCUT2D eigenvalue weighted by molar-refractivity contribution is 5.90. The average molecular weight is 517 g/mol. The molecule has 1 N–H and O–H groups in total. The monoisotopic (exact) mass is 516 g/mol. The summed E-state index contributed by atoms with van der Waals surface area (Å²) in [6.07, 6.45) is 10.6. The van der Waals surface area contributed by atoms with Crippen LogP contribution in [-0.4, -0.2) is 75.3 Å². The minimum Gasteiger partial charge on any atom is -0.374 e. The van der Waals surface area contributed by atoms with Gasteiger partial charge in [0.25, 0.3) is 0 Å². The average Bonchev–Trinajstić information content (AvgIpc) is 3.35. The first-order valence-corrected chi connectivity index (χ1v) is 13.8. The molecule has 202 valence electrons. The molecule has 0 saturated carbocycles.